The summed E-state index contributed by atoms with van der Waals surface area (Å²) in [5, 5.41) is 9.74. The van der Waals surface area contributed by atoms with Crippen LogP contribution in [0.1, 0.15) is 49.3 Å². The molecule has 0 atom stereocenters. The lowest BCUT2D eigenvalue weighted by Crippen LogP contribution is -2.48. The highest BCUT2D eigenvalue weighted by molar-refractivity contribution is 8.26. The molecular weight excluding hydrogens is 502 g/mol. The fraction of sp³-hybridized carbons (Fsp3) is 0.429. The molecule has 1 aromatic heterocycles. The molecule has 0 spiro atoms. The van der Waals surface area contributed by atoms with Crippen LogP contribution in [0.3, 0.4) is 0 Å². The number of hydrogen-bond acceptors (Lipinski definition) is 7. The number of thioether (sulfide) groups is 1. The highest BCUT2D eigenvalue weighted by atomic mass is 32.2. The fourth-order valence-electron chi connectivity index (χ4n) is 4.93. The van der Waals surface area contributed by atoms with E-state index in [2.05, 4.69) is 34.9 Å². The van der Waals surface area contributed by atoms with Crippen molar-refractivity contribution in [1.82, 2.24) is 9.47 Å². The molecule has 0 aliphatic carbocycles. The van der Waals surface area contributed by atoms with Gasteiger partial charge < -0.3 is 9.80 Å². The Morgan fingerprint density at radius 1 is 1.05 bits per heavy atom. The maximum atomic E-state index is 13.3. The van der Waals surface area contributed by atoms with Gasteiger partial charge in [-0.3, -0.25) is 19.1 Å². The van der Waals surface area contributed by atoms with E-state index in [4.69, 9.17) is 12.2 Å². The summed E-state index contributed by atoms with van der Waals surface area (Å²) in [4.78, 5) is 33.1. The second kappa shape index (κ2) is 12.0. The summed E-state index contributed by atoms with van der Waals surface area (Å²) in [6, 6.07) is 12.4. The van der Waals surface area contributed by atoms with Crippen molar-refractivity contribution in [3.63, 3.8) is 0 Å². The van der Waals surface area contributed by atoms with Gasteiger partial charge in [-0.25, -0.2) is 0 Å². The standard InChI is InChI=1S/C28H33N5O2S2/c1-4-5-6-10-13-33-27(35)24(37-28(33)36)18-22-20(2)23(19-29)26(34)30(3)25(22)32-16-14-31(15-17-32)21-11-8-7-9-12-21/h7-9,11-12,18H,4-6,10,13-17H2,1-3H3. The molecule has 1 amide bonds. The number of benzene rings is 1. The first kappa shape index (κ1) is 27.0. The number of pyridine rings is 1. The number of aromatic nitrogens is 1. The van der Waals surface area contributed by atoms with E-state index in [1.807, 2.05) is 24.3 Å². The third-order valence-corrected chi connectivity index (χ3v) is 8.43. The van der Waals surface area contributed by atoms with E-state index in [1.165, 1.54) is 17.4 Å². The summed E-state index contributed by atoms with van der Waals surface area (Å²) in [5.41, 5.74) is 2.30. The maximum absolute atomic E-state index is 13.3. The van der Waals surface area contributed by atoms with E-state index in [1.54, 1.807) is 23.4 Å². The number of carbonyl (C=O) groups is 1. The van der Waals surface area contributed by atoms with Crippen LogP contribution in [0, 0.1) is 18.3 Å². The molecule has 37 heavy (non-hydrogen) atoms. The van der Waals surface area contributed by atoms with Gasteiger partial charge in [-0.05, 0) is 37.1 Å². The molecule has 0 saturated carbocycles. The van der Waals surface area contributed by atoms with Crippen LogP contribution in [0.4, 0.5) is 11.5 Å². The lowest BCUT2D eigenvalue weighted by molar-refractivity contribution is -0.122. The Kier molecular flexibility index (Phi) is 8.72. The van der Waals surface area contributed by atoms with Gasteiger partial charge in [0.15, 0.2) is 0 Å². The third-order valence-electron chi connectivity index (χ3n) is 7.05. The van der Waals surface area contributed by atoms with Crippen molar-refractivity contribution in [1.29, 1.82) is 5.26 Å². The minimum atomic E-state index is -0.318. The van der Waals surface area contributed by atoms with Crippen LogP contribution in [-0.2, 0) is 11.8 Å². The number of amides is 1. The Balaban J connectivity index is 1.66. The van der Waals surface area contributed by atoms with E-state index < -0.39 is 0 Å². The number of para-hydroxylation sites is 1. The molecule has 3 heterocycles. The monoisotopic (exact) mass is 535 g/mol. The van der Waals surface area contributed by atoms with Crippen molar-refractivity contribution in [3.8, 4) is 6.07 Å². The van der Waals surface area contributed by atoms with Crippen molar-refractivity contribution in [2.45, 2.75) is 39.5 Å². The molecule has 7 nitrogen and oxygen atoms in total. The van der Waals surface area contributed by atoms with Crippen molar-refractivity contribution >= 4 is 51.8 Å². The first-order valence-electron chi connectivity index (χ1n) is 12.8. The molecule has 0 N–H and O–H groups in total. The van der Waals surface area contributed by atoms with Crippen LogP contribution in [0.25, 0.3) is 6.08 Å². The van der Waals surface area contributed by atoms with Gasteiger partial charge in [-0.15, -0.1) is 0 Å². The van der Waals surface area contributed by atoms with E-state index >= 15 is 0 Å². The number of carbonyl (C=O) groups excluding carboxylic acids is 1. The normalized spacial score (nSPS) is 17.1. The van der Waals surface area contributed by atoms with Crippen molar-refractivity contribution in [2.24, 2.45) is 7.05 Å². The predicted molar refractivity (Wildman–Crippen MR) is 156 cm³/mol. The second-order valence-corrected chi connectivity index (χ2v) is 11.1. The first-order chi connectivity index (χ1) is 17.9. The molecule has 194 valence electrons. The predicted octanol–water partition coefficient (Wildman–Crippen LogP) is 4.67. The number of rotatable bonds is 8. The number of anilines is 2. The van der Waals surface area contributed by atoms with Crippen LogP contribution in [-0.4, -0.2) is 52.4 Å². The number of piperazine rings is 1. The van der Waals surface area contributed by atoms with Crippen LogP contribution < -0.4 is 15.4 Å². The lowest BCUT2D eigenvalue weighted by Gasteiger charge is -2.38. The second-order valence-electron chi connectivity index (χ2n) is 9.42. The highest BCUT2D eigenvalue weighted by Gasteiger charge is 2.33. The minimum Gasteiger partial charge on any atom is -0.368 e. The molecule has 9 heteroatoms. The van der Waals surface area contributed by atoms with Gasteiger partial charge in [0.1, 0.15) is 21.8 Å². The third kappa shape index (κ3) is 5.60. The number of nitriles is 1. The molecule has 0 bridgehead atoms. The molecule has 2 saturated heterocycles. The largest absolute Gasteiger partial charge is 0.368 e. The first-order valence-corrected chi connectivity index (χ1v) is 14.0. The average Bonchev–Trinajstić information content (AvgIpc) is 3.18. The Hall–Kier alpha value is -3.09. The summed E-state index contributed by atoms with van der Waals surface area (Å²) in [7, 11) is 1.71. The Bertz CT molecular complexity index is 1300. The van der Waals surface area contributed by atoms with E-state index in [-0.39, 0.29) is 17.0 Å². The van der Waals surface area contributed by atoms with E-state index in [0.29, 0.717) is 34.4 Å². The highest BCUT2D eigenvalue weighted by Crippen LogP contribution is 2.36. The number of hydrogen-bond donors (Lipinski definition) is 0. The summed E-state index contributed by atoms with van der Waals surface area (Å²) in [5.74, 6) is 0.639. The van der Waals surface area contributed by atoms with Crippen LogP contribution in [0.15, 0.2) is 40.0 Å². The summed E-state index contributed by atoms with van der Waals surface area (Å²) in [6.45, 7) is 7.60. The number of unbranched alkanes of at least 4 members (excludes halogenated alkanes) is 3. The van der Waals surface area contributed by atoms with Crippen molar-refractivity contribution in [3.05, 3.63) is 62.3 Å². The van der Waals surface area contributed by atoms with E-state index in [0.717, 1.165) is 50.2 Å². The number of nitrogens with zero attached hydrogens (tertiary/aromatic N) is 5. The molecular formula is C28H33N5O2S2. The summed E-state index contributed by atoms with van der Waals surface area (Å²) < 4.78 is 2.12. The molecule has 4 rings (SSSR count). The van der Waals surface area contributed by atoms with Crippen LogP contribution >= 0.6 is 24.0 Å². The summed E-state index contributed by atoms with van der Waals surface area (Å²) >= 11 is 6.84. The molecule has 2 fully saturated rings. The summed E-state index contributed by atoms with van der Waals surface area (Å²) in [6.07, 6.45) is 6.09. The quantitative estimate of drug-likeness (QED) is 0.276. The molecule has 2 aromatic rings. The molecule has 2 aliphatic rings. The smallest absolute Gasteiger partial charge is 0.270 e. The molecule has 0 radical (unpaired) electrons. The molecule has 1 aromatic carbocycles. The van der Waals surface area contributed by atoms with Gasteiger partial charge in [0, 0.05) is 51.0 Å². The van der Waals surface area contributed by atoms with Crippen molar-refractivity contribution in [2.75, 3.05) is 42.5 Å². The van der Waals surface area contributed by atoms with Gasteiger partial charge in [-0.1, -0.05) is 68.4 Å². The van der Waals surface area contributed by atoms with Crippen LogP contribution in [0.5, 0.6) is 0 Å². The SMILES string of the molecule is CCCCCCN1C(=O)C(=Cc2c(C)c(C#N)c(=O)n(C)c2N2CCN(c3ccccc3)CC2)SC1=S. The number of thiocarbonyl (C=S) groups is 1. The zero-order valence-corrected chi connectivity index (χ0v) is 23.3. The zero-order chi connectivity index (χ0) is 26.5. The fourth-order valence-corrected chi connectivity index (χ4v) is 6.22. The van der Waals surface area contributed by atoms with Gasteiger partial charge in [0.25, 0.3) is 11.5 Å². The maximum Gasteiger partial charge on any atom is 0.270 e. The van der Waals surface area contributed by atoms with E-state index in [9.17, 15) is 14.9 Å². The Labute approximate surface area is 228 Å². The Morgan fingerprint density at radius 2 is 1.73 bits per heavy atom. The Morgan fingerprint density at radius 3 is 2.38 bits per heavy atom. The molecule has 0 unspecified atom stereocenters. The van der Waals surface area contributed by atoms with Crippen molar-refractivity contribution < 1.29 is 4.79 Å². The average molecular weight is 536 g/mol. The van der Waals surface area contributed by atoms with Gasteiger partial charge in [0.05, 0.1) is 4.91 Å². The van der Waals surface area contributed by atoms with Gasteiger partial charge in [0.2, 0.25) is 0 Å². The minimum absolute atomic E-state index is 0.0990. The topological polar surface area (TPSA) is 72.6 Å². The van der Waals surface area contributed by atoms with Crippen LogP contribution in [0.2, 0.25) is 0 Å². The zero-order valence-electron chi connectivity index (χ0n) is 21.7. The van der Waals surface area contributed by atoms with Gasteiger partial charge >= 0.3 is 0 Å². The lowest BCUT2D eigenvalue weighted by atomic mass is 10.0. The van der Waals surface area contributed by atoms with Gasteiger partial charge in [-0.2, -0.15) is 5.26 Å². The molecule has 2 aliphatic heterocycles.